The molecule has 0 rings (SSSR count). The minimum absolute atomic E-state index is 0.131. The lowest BCUT2D eigenvalue weighted by Gasteiger charge is -2.11. The van der Waals surface area contributed by atoms with Crippen molar-refractivity contribution in [3.63, 3.8) is 0 Å². The van der Waals surface area contributed by atoms with Crippen LogP contribution in [0.1, 0.15) is 52.4 Å². The molecule has 0 saturated heterocycles. The van der Waals surface area contributed by atoms with Crippen LogP contribution in [-0.2, 0) is 14.3 Å². The number of nitrogens with two attached hydrogens (primary N) is 1. The van der Waals surface area contributed by atoms with E-state index < -0.39 is 6.04 Å². The molecule has 1 atom stereocenters. The smallest absolute Gasteiger partial charge is 0.303 e. The van der Waals surface area contributed by atoms with Gasteiger partial charge in [0.1, 0.15) is 5.94 Å². The average Bonchev–Trinajstić information content (AvgIpc) is 2.41. The van der Waals surface area contributed by atoms with Crippen molar-refractivity contribution < 1.29 is 14.3 Å². The summed E-state index contributed by atoms with van der Waals surface area (Å²) in [6.07, 6.45) is 7.19. The van der Waals surface area contributed by atoms with Crippen LogP contribution in [0.3, 0.4) is 0 Å². The molecule has 0 aromatic carbocycles. The summed E-state index contributed by atoms with van der Waals surface area (Å²) in [4.78, 5) is 22.2. The van der Waals surface area contributed by atoms with E-state index in [9.17, 15) is 9.59 Å². The zero-order valence-electron chi connectivity index (χ0n) is 12.7. The molecule has 3 N–H and O–H groups in total. The van der Waals surface area contributed by atoms with Gasteiger partial charge in [0, 0.05) is 19.2 Å². The van der Waals surface area contributed by atoms with Gasteiger partial charge in [0.05, 0.1) is 6.04 Å². The predicted octanol–water partition coefficient (Wildman–Crippen LogP) is 2.04. The highest BCUT2D eigenvalue weighted by molar-refractivity contribution is 7.99. The van der Waals surface area contributed by atoms with Crippen molar-refractivity contribution in [2.45, 2.75) is 58.4 Å². The van der Waals surface area contributed by atoms with Gasteiger partial charge in [-0.15, -0.1) is 11.8 Å². The maximum atomic E-state index is 11.6. The van der Waals surface area contributed by atoms with Crippen LogP contribution in [-0.4, -0.2) is 36.2 Å². The highest BCUT2D eigenvalue weighted by atomic mass is 32.2. The molecule has 0 aromatic heterocycles. The van der Waals surface area contributed by atoms with E-state index in [1.807, 2.05) is 0 Å². The third-order valence-electron chi connectivity index (χ3n) is 2.81. The number of thioether (sulfide) groups is 1. The standard InChI is InChI=1S/C14H28N2O3S/c1-3-4-5-6-7-8-9-16-14(18)13(15)10-20-11-19-12(2)17/h13H,3-11,15H2,1-2H3,(H,16,18)/t13-/m0/s1. The van der Waals surface area contributed by atoms with Crippen LogP contribution in [0.4, 0.5) is 0 Å². The number of rotatable bonds is 12. The lowest BCUT2D eigenvalue weighted by Crippen LogP contribution is -2.42. The molecule has 1 amide bonds. The van der Waals surface area contributed by atoms with E-state index >= 15 is 0 Å². The molecule has 0 radical (unpaired) electrons. The van der Waals surface area contributed by atoms with Crippen LogP contribution < -0.4 is 11.1 Å². The summed E-state index contributed by atoms with van der Waals surface area (Å²) in [6.45, 7) is 4.24. The normalized spacial score (nSPS) is 11.9. The number of amides is 1. The summed E-state index contributed by atoms with van der Waals surface area (Å²) in [5.74, 6) is 0.246. The van der Waals surface area contributed by atoms with Crippen LogP contribution in [0.2, 0.25) is 0 Å². The molecule has 0 aliphatic rings. The molecule has 0 aliphatic heterocycles. The first kappa shape index (κ1) is 19.2. The van der Waals surface area contributed by atoms with Gasteiger partial charge in [-0.2, -0.15) is 0 Å². The molecule has 0 unspecified atom stereocenters. The summed E-state index contributed by atoms with van der Waals surface area (Å²) < 4.78 is 4.75. The Balaban J connectivity index is 3.43. The number of unbranched alkanes of at least 4 members (excludes halogenated alkanes) is 5. The lowest BCUT2D eigenvalue weighted by atomic mass is 10.1. The summed E-state index contributed by atoms with van der Waals surface area (Å²) >= 11 is 1.34. The van der Waals surface area contributed by atoms with Crippen molar-refractivity contribution in [1.82, 2.24) is 5.32 Å². The number of carbonyl (C=O) groups excluding carboxylic acids is 2. The molecule has 0 aliphatic carbocycles. The van der Waals surface area contributed by atoms with Crippen molar-refractivity contribution in [3.05, 3.63) is 0 Å². The topological polar surface area (TPSA) is 81.4 Å². The van der Waals surface area contributed by atoms with Gasteiger partial charge in [0.2, 0.25) is 5.91 Å². The van der Waals surface area contributed by atoms with Crippen molar-refractivity contribution in [1.29, 1.82) is 0 Å². The van der Waals surface area contributed by atoms with Gasteiger partial charge in [-0.25, -0.2) is 0 Å². The van der Waals surface area contributed by atoms with Crippen molar-refractivity contribution in [2.75, 3.05) is 18.2 Å². The highest BCUT2D eigenvalue weighted by Gasteiger charge is 2.12. The van der Waals surface area contributed by atoms with Gasteiger partial charge in [-0.1, -0.05) is 39.0 Å². The largest absolute Gasteiger partial charge is 0.455 e. The molecule has 6 heteroatoms. The second-order valence-corrected chi connectivity index (χ2v) is 5.77. The SMILES string of the molecule is CCCCCCCCNC(=O)[C@@H](N)CSCOC(C)=O. The second kappa shape index (κ2) is 13.2. The third kappa shape index (κ3) is 12.3. The number of carbonyl (C=O) groups is 2. The van der Waals surface area contributed by atoms with Crippen molar-refractivity contribution in [2.24, 2.45) is 5.73 Å². The van der Waals surface area contributed by atoms with E-state index in [0.717, 1.165) is 12.8 Å². The van der Waals surface area contributed by atoms with Gasteiger partial charge < -0.3 is 15.8 Å². The zero-order chi connectivity index (χ0) is 15.2. The number of nitrogens with one attached hydrogen (secondary N) is 1. The molecular formula is C14H28N2O3S. The molecule has 118 valence electrons. The fourth-order valence-electron chi connectivity index (χ4n) is 1.62. The molecule has 5 nitrogen and oxygen atoms in total. The van der Waals surface area contributed by atoms with Crippen molar-refractivity contribution in [3.8, 4) is 0 Å². The van der Waals surface area contributed by atoms with E-state index in [1.54, 1.807) is 0 Å². The van der Waals surface area contributed by atoms with Gasteiger partial charge >= 0.3 is 5.97 Å². The highest BCUT2D eigenvalue weighted by Crippen LogP contribution is 2.05. The van der Waals surface area contributed by atoms with Crippen LogP contribution in [0.25, 0.3) is 0 Å². The Morgan fingerprint density at radius 3 is 2.50 bits per heavy atom. The monoisotopic (exact) mass is 304 g/mol. The Hall–Kier alpha value is -0.750. The average molecular weight is 304 g/mol. The van der Waals surface area contributed by atoms with E-state index in [0.29, 0.717) is 12.3 Å². The second-order valence-electron chi connectivity index (χ2n) is 4.79. The first-order valence-electron chi connectivity index (χ1n) is 7.32. The Labute approximate surface area is 126 Å². The number of ether oxygens (including phenoxy) is 1. The first-order chi connectivity index (χ1) is 9.57. The summed E-state index contributed by atoms with van der Waals surface area (Å²) in [5, 5.41) is 2.84. The molecule has 0 saturated carbocycles. The molecule has 0 spiro atoms. The quantitative estimate of drug-likeness (QED) is 0.327. The molecule has 0 aromatic rings. The van der Waals surface area contributed by atoms with E-state index in [1.165, 1.54) is 44.4 Å². The first-order valence-corrected chi connectivity index (χ1v) is 8.47. The van der Waals surface area contributed by atoms with Crippen LogP contribution in [0.5, 0.6) is 0 Å². The minimum atomic E-state index is -0.546. The Morgan fingerprint density at radius 1 is 1.20 bits per heavy atom. The van der Waals surface area contributed by atoms with Crippen molar-refractivity contribution >= 4 is 23.6 Å². The summed E-state index contributed by atoms with van der Waals surface area (Å²) in [6, 6.07) is -0.546. The molecular weight excluding hydrogens is 276 g/mol. The molecule has 0 heterocycles. The number of hydrogen-bond donors (Lipinski definition) is 2. The van der Waals surface area contributed by atoms with Crippen LogP contribution >= 0.6 is 11.8 Å². The van der Waals surface area contributed by atoms with Crippen LogP contribution in [0, 0.1) is 0 Å². The fourth-order valence-corrected chi connectivity index (χ4v) is 2.37. The lowest BCUT2D eigenvalue weighted by molar-refractivity contribution is -0.138. The van der Waals surface area contributed by atoms with E-state index in [4.69, 9.17) is 10.5 Å². The molecule has 0 bridgehead atoms. The number of esters is 1. The molecule has 0 fully saturated rings. The summed E-state index contributed by atoms with van der Waals surface area (Å²) in [7, 11) is 0. The van der Waals surface area contributed by atoms with Crippen LogP contribution in [0.15, 0.2) is 0 Å². The fraction of sp³-hybridized carbons (Fsp3) is 0.857. The zero-order valence-corrected chi connectivity index (χ0v) is 13.5. The van der Waals surface area contributed by atoms with E-state index in [-0.39, 0.29) is 17.8 Å². The van der Waals surface area contributed by atoms with Gasteiger partial charge in [0.25, 0.3) is 0 Å². The third-order valence-corrected chi connectivity index (χ3v) is 3.69. The Bertz CT molecular complexity index is 275. The minimum Gasteiger partial charge on any atom is -0.455 e. The van der Waals surface area contributed by atoms with Gasteiger partial charge in [-0.05, 0) is 6.42 Å². The Morgan fingerprint density at radius 2 is 1.85 bits per heavy atom. The maximum absolute atomic E-state index is 11.6. The summed E-state index contributed by atoms with van der Waals surface area (Å²) in [5.41, 5.74) is 5.74. The number of hydrogen-bond acceptors (Lipinski definition) is 5. The molecule has 20 heavy (non-hydrogen) atoms. The van der Waals surface area contributed by atoms with Gasteiger partial charge in [-0.3, -0.25) is 9.59 Å². The van der Waals surface area contributed by atoms with Gasteiger partial charge in [0.15, 0.2) is 0 Å². The predicted molar refractivity (Wildman–Crippen MR) is 83.5 cm³/mol. The van der Waals surface area contributed by atoms with E-state index in [2.05, 4.69) is 12.2 Å². The Kier molecular flexibility index (Phi) is 12.7. The maximum Gasteiger partial charge on any atom is 0.303 e.